The summed E-state index contributed by atoms with van der Waals surface area (Å²) in [5, 5.41) is 13.9. The lowest BCUT2D eigenvalue weighted by Gasteiger charge is -2.29. The minimum absolute atomic E-state index is 0.0163. The van der Waals surface area contributed by atoms with E-state index in [1.54, 1.807) is 34.6 Å². The molecule has 0 unspecified atom stereocenters. The second-order valence-corrected chi connectivity index (χ2v) is 8.47. The van der Waals surface area contributed by atoms with Gasteiger partial charge in [-0.15, -0.1) is 0 Å². The Morgan fingerprint density at radius 3 is 1.95 bits per heavy atom. The predicted molar refractivity (Wildman–Crippen MR) is 79.5 cm³/mol. The van der Waals surface area contributed by atoms with Crippen molar-refractivity contribution >= 4 is 22.0 Å². The first kappa shape index (κ1) is 19.7. The Balaban J connectivity index is 4.61. The van der Waals surface area contributed by atoms with Gasteiger partial charge in [-0.1, -0.05) is 20.8 Å². The van der Waals surface area contributed by atoms with Gasteiger partial charge in [-0.2, -0.15) is 0 Å². The van der Waals surface area contributed by atoms with Gasteiger partial charge in [-0.25, -0.2) is 22.7 Å². The van der Waals surface area contributed by atoms with Crippen molar-refractivity contribution in [3.05, 3.63) is 0 Å². The maximum absolute atomic E-state index is 11.8. The lowest BCUT2D eigenvalue weighted by molar-refractivity contribution is -0.141. The zero-order valence-electron chi connectivity index (χ0n) is 13.3. The number of urea groups is 1. The van der Waals surface area contributed by atoms with Crippen LogP contribution in [0.1, 0.15) is 34.6 Å². The molecule has 1 atom stereocenters. The van der Waals surface area contributed by atoms with Gasteiger partial charge in [0.1, 0.15) is 6.04 Å². The van der Waals surface area contributed by atoms with E-state index in [9.17, 15) is 18.0 Å². The molecular weight excluding hydrogens is 298 g/mol. The molecule has 0 bridgehead atoms. The van der Waals surface area contributed by atoms with Crippen molar-refractivity contribution in [1.29, 1.82) is 0 Å². The number of carbonyl (C=O) groups is 2. The van der Waals surface area contributed by atoms with Crippen LogP contribution in [0.15, 0.2) is 0 Å². The van der Waals surface area contributed by atoms with Crippen LogP contribution in [0.25, 0.3) is 0 Å². The van der Waals surface area contributed by atoms with E-state index >= 15 is 0 Å². The molecule has 0 fully saturated rings. The molecular formula is C12H25N3O5S. The van der Waals surface area contributed by atoms with E-state index in [0.717, 1.165) is 6.26 Å². The molecule has 0 saturated heterocycles. The molecule has 0 aliphatic heterocycles. The quantitative estimate of drug-likeness (QED) is 0.552. The van der Waals surface area contributed by atoms with Crippen molar-refractivity contribution in [2.45, 2.75) is 46.2 Å². The Kier molecular flexibility index (Phi) is 6.18. The van der Waals surface area contributed by atoms with Crippen LogP contribution in [-0.2, 0) is 14.8 Å². The Morgan fingerprint density at radius 2 is 1.62 bits per heavy atom. The first-order valence-electron chi connectivity index (χ1n) is 6.40. The molecule has 8 nitrogen and oxygen atoms in total. The van der Waals surface area contributed by atoms with E-state index in [0.29, 0.717) is 0 Å². The van der Waals surface area contributed by atoms with E-state index in [-0.39, 0.29) is 6.54 Å². The first-order valence-corrected chi connectivity index (χ1v) is 8.29. The Labute approximate surface area is 125 Å². The minimum atomic E-state index is -3.41. The highest BCUT2D eigenvalue weighted by molar-refractivity contribution is 7.88. The normalized spacial score (nSPS) is 14.4. The minimum Gasteiger partial charge on any atom is -0.480 e. The van der Waals surface area contributed by atoms with Crippen molar-refractivity contribution in [1.82, 2.24) is 15.4 Å². The van der Waals surface area contributed by atoms with Crippen LogP contribution < -0.4 is 15.4 Å². The number of hydrogen-bond acceptors (Lipinski definition) is 4. The third kappa shape index (κ3) is 8.51. The molecule has 4 N–H and O–H groups in total. The number of carboxylic acid groups (broad SMARTS) is 1. The molecule has 21 heavy (non-hydrogen) atoms. The van der Waals surface area contributed by atoms with E-state index < -0.39 is 39.0 Å². The van der Waals surface area contributed by atoms with Crippen molar-refractivity contribution in [2.24, 2.45) is 5.41 Å². The van der Waals surface area contributed by atoms with Crippen LogP contribution >= 0.6 is 0 Å². The SMILES string of the molecule is CC(C)(CNC(=O)N[C@H](C(=O)O)C(C)(C)C)NS(C)(=O)=O. The van der Waals surface area contributed by atoms with Crippen LogP contribution in [0.3, 0.4) is 0 Å². The number of carboxylic acids is 1. The lowest BCUT2D eigenvalue weighted by atomic mass is 9.87. The van der Waals surface area contributed by atoms with Gasteiger partial charge >= 0.3 is 12.0 Å². The van der Waals surface area contributed by atoms with Crippen LogP contribution in [0, 0.1) is 5.41 Å². The molecule has 124 valence electrons. The van der Waals surface area contributed by atoms with E-state index in [1.807, 2.05) is 0 Å². The summed E-state index contributed by atoms with van der Waals surface area (Å²) in [6.07, 6.45) is 1.02. The molecule has 9 heteroatoms. The number of carbonyl (C=O) groups excluding carboxylic acids is 1. The standard InChI is InChI=1S/C12H25N3O5S/c1-11(2,3)8(9(16)17)14-10(18)13-7-12(4,5)15-21(6,19)20/h8,15H,7H2,1-6H3,(H,16,17)(H2,13,14,18)/t8-/m1/s1. The highest BCUT2D eigenvalue weighted by Crippen LogP contribution is 2.19. The summed E-state index contributed by atoms with van der Waals surface area (Å²) >= 11 is 0. The van der Waals surface area contributed by atoms with Crippen LogP contribution in [0.2, 0.25) is 0 Å². The van der Waals surface area contributed by atoms with Crippen LogP contribution in [0.4, 0.5) is 4.79 Å². The van der Waals surface area contributed by atoms with Crippen LogP contribution in [0.5, 0.6) is 0 Å². The summed E-state index contributed by atoms with van der Waals surface area (Å²) in [7, 11) is -3.41. The summed E-state index contributed by atoms with van der Waals surface area (Å²) in [5.41, 5.74) is -1.53. The Bertz CT molecular complexity index is 494. The zero-order valence-corrected chi connectivity index (χ0v) is 14.1. The van der Waals surface area contributed by atoms with Crippen LogP contribution in [-0.4, -0.2) is 49.9 Å². The summed E-state index contributed by atoms with van der Waals surface area (Å²) in [5.74, 6) is -1.13. The average molecular weight is 323 g/mol. The largest absolute Gasteiger partial charge is 0.480 e. The number of hydrogen-bond donors (Lipinski definition) is 4. The molecule has 0 saturated carbocycles. The fourth-order valence-corrected chi connectivity index (χ4v) is 2.75. The van der Waals surface area contributed by atoms with Gasteiger partial charge in [0, 0.05) is 12.1 Å². The number of amides is 2. The number of aliphatic carboxylic acids is 1. The molecule has 2 amide bonds. The monoisotopic (exact) mass is 323 g/mol. The first-order chi connectivity index (χ1) is 9.14. The molecule has 0 aromatic heterocycles. The molecule has 0 aliphatic carbocycles. The summed E-state index contributed by atoms with van der Waals surface area (Å²) in [6.45, 7) is 8.31. The average Bonchev–Trinajstić information content (AvgIpc) is 2.17. The fraction of sp³-hybridized carbons (Fsp3) is 0.833. The smallest absolute Gasteiger partial charge is 0.326 e. The van der Waals surface area contributed by atoms with E-state index in [4.69, 9.17) is 5.11 Å². The molecule has 0 heterocycles. The van der Waals surface area contributed by atoms with Crippen molar-refractivity contribution in [2.75, 3.05) is 12.8 Å². The van der Waals surface area contributed by atoms with E-state index in [1.165, 1.54) is 0 Å². The van der Waals surface area contributed by atoms with Gasteiger partial charge in [0.05, 0.1) is 6.26 Å². The van der Waals surface area contributed by atoms with Crippen molar-refractivity contribution < 1.29 is 23.1 Å². The highest BCUT2D eigenvalue weighted by atomic mass is 32.2. The Morgan fingerprint density at radius 1 is 1.14 bits per heavy atom. The summed E-state index contributed by atoms with van der Waals surface area (Å²) < 4.78 is 24.7. The van der Waals surface area contributed by atoms with E-state index in [2.05, 4.69) is 15.4 Å². The second-order valence-electron chi connectivity index (χ2n) is 6.72. The van der Waals surface area contributed by atoms with Gasteiger partial charge in [-0.3, -0.25) is 0 Å². The Hall–Kier alpha value is -1.35. The van der Waals surface area contributed by atoms with Crippen molar-refractivity contribution in [3.63, 3.8) is 0 Å². The van der Waals surface area contributed by atoms with Gasteiger partial charge in [0.15, 0.2) is 0 Å². The molecule has 0 rings (SSSR count). The topological polar surface area (TPSA) is 125 Å². The lowest BCUT2D eigenvalue weighted by Crippen LogP contribution is -2.56. The predicted octanol–water partition coefficient (Wildman–Crippen LogP) is 0.113. The fourth-order valence-electron chi connectivity index (χ4n) is 1.67. The highest BCUT2D eigenvalue weighted by Gasteiger charge is 2.33. The molecule has 0 aromatic carbocycles. The van der Waals surface area contributed by atoms with Crippen molar-refractivity contribution in [3.8, 4) is 0 Å². The third-order valence-corrected chi connectivity index (χ3v) is 3.46. The number of nitrogens with one attached hydrogen (secondary N) is 3. The summed E-state index contributed by atoms with van der Waals surface area (Å²) in [6, 6.07) is -1.72. The maximum Gasteiger partial charge on any atom is 0.326 e. The second kappa shape index (κ2) is 6.61. The number of rotatable bonds is 6. The van der Waals surface area contributed by atoms with Gasteiger partial charge in [0.2, 0.25) is 10.0 Å². The molecule has 0 aromatic rings. The molecule has 0 aliphatic rings. The van der Waals surface area contributed by atoms with Gasteiger partial charge in [0.25, 0.3) is 0 Å². The zero-order chi connectivity index (χ0) is 17.1. The maximum atomic E-state index is 11.8. The molecule has 0 radical (unpaired) electrons. The molecule has 0 spiro atoms. The third-order valence-electron chi connectivity index (χ3n) is 2.54. The summed E-state index contributed by atoms with van der Waals surface area (Å²) in [4.78, 5) is 22.9. The number of sulfonamides is 1. The van der Waals surface area contributed by atoms with Gasteiger partial charge in [-0.05, 0) is 19.3 Å². The van der Waals surface area contributed by atoms with Gasteiger partial charge < -0.3 is 15.7 Å².